The minimum atomic E-state index is -0.952. The number of halogens is 3. The normalized spacial score (nSPS) is 21.0. The van der Waals surface area contributed by atoms with Crippen LogP contribution in [0.1, 0.15) is 53.1 Å². The largest absolute Gasteiger partial charge is 0.503 e. The Hall–Kier alpha value is -2.62. The van der Waals surface area contributed by atoms with Crippen LogP contribution in [0, 0.1) is 5.82 Å². The maximum Gasteiger partial charge on any atom is 0.275 e. The minimum absolute atomic E-state index is 0. The van der Waals surface area contributed by atoms with Crippen LogP contribution in [0.3, 0.4) is 0 Å². The van der Waals surface area contributed by atoms with E-state index in [1.807, 2.05) is 13.8 Å². The van der Waals surface area contributed by atoms with E-state index in [4.69, 9.17) is 16.3 Å². The highest BCUT2D eigenvalue weighted by Crippen LogP contribution is 2.44. The van der Waals surface area contributed by atoms with Crippen molar-refractivity contribution in [1.29, 1.82) is 0 Å². The van der Waals surface area contributed by atoms with Crippen LogP contribution < -0.4 is 10.7 Å². The quantitative estimate of drug-likeness (QED) is 0.617. The molecule has 0 radical (unpaired) electrons. The zero-order valence-corrected chi connectivity index (χ0v) is 20.3. The van der Waals surface area contributed by atoms with Gasteiger partial charge >= 0.3 is 0 Å². The summed E-state index contributed by atoms with van der Waals surface area (Å²) >= 11 is 5.77. The number of nitrogens with zero attached hydrogens (tertiary/aromatic N) is 2. The molecular formula is C23H26Cl2FN3O5. The molecule has 0 unspecified atom stereocenters. The van der Waals surface area contributed by atoms with E-state index in [-0.39, 0.29) is 46.9 Å². The number of aromatic nitrogens is 1. The van der Waals surface area contributed by atoms with Gasteiger partial charge in [0.05, 0.1) is 16.7 Å². The second-order valence-corrected chi connectivity index (χ2v) is 8.76. The van der Waals surface area contributed by atoms with Crippen LogP contribution in [0.15, 0.2) is 29.2 Å². The third kappa shape index (κ3) is 4.28. The summed E-state index contributed by atoms with van der Waals surface area (Å²) in [7, 11) is 0. The zero-order chi connectivity index (χ0) is 23.9. The van der Waals surface area contributed by atoms with Gasteiger partial charge in [0.1, 0.15) is 11.4 Å². The van der Waals surface area contributed by atoms with Gasteiger partial charge in [0.2, 0.25) is 5.43 Å². The molecule has 2 amide bonds. The SMILES string of the molecule is CCO[C@H]1C[C@]2(Cn3cc(C(=O)NCc4cccc(Cl)c4F)c(=O)c(O)c3C(=O)N2CC)C1.Cl. The van der Waals surface area contributed by atoms with Crippen molar-refractivity contribution in [1.82, 2.24) is 14.8 Å². The van der Waals surface area contributed by atoms with E-state index in [0.29, 0.717) is 32.5 Å². The molecule has 1 aliphatic carbocycles. The van der Waals surface area contributed by atoms with Crippen LogP contribution in [0.2, 0.25) is 5.02 Å². The molecule has 1 spiro atoms. The van der Waals surface area contributed by atoms with E-state index in [1.54, 1.807) is 11.0 Å². The Balaban J connectivity index is 0.00000324. The molecule has 2 aliphatic rings. The Morgan fingerprint density at radius 1 is 1.32 bits per heavy atom. The third-order valence-electron chi connectivity index (χ3n) is 6.39. The van der Waals surface area contributed by atoms with Gasteiger partial charge in [-0.3, -0.25) is 14.4 Å². The third-order valence-corrected chi connectivity index (χ3v) is 6.68. The topological polar surface area (TPSA) is 101 Å². The Morgan fingerprint density at radius 3 is 2.68 bits per heavy atom. The van der Waals surface area contributed by atoms with Crippen molar-refractivity contribution in [3.05, 3.63) is 62.3 Å². The summed E-state index contributed by atoms with van der Waals surface area (Å²) < 4.78 is 21.3. The average molecular weight is 514 g/mol. The molecule has 184 valence electrons. The lowest BCUT2D eigenvalue weighted by molar-refractivity contribution is -0.103. The molecule has 2 heterocycles. The summed E-state index contributed by atoms with van der Waals surface area (Å²) in [6.07, 6.45) is 2.58. The van der Waals surface area contributed by atoms with Crippen molar-refractivity contribution < 1.29 is 23.8 Å². The van der Waals surface area contributed by atoms with Gasteiger partial charge in [0.25, 0.3) is 11.8 Å². The van der Waals surface area contributed by atoms with Crippen LogP contribution >= 0.6 is 24.0 Å². The summed E-state index contributed by atoms with van der Waals surface area (Å²) in [6.45, 7) is 4.86. The van der Waals surface area contributed by atoms with Crippen LogP contribution in [0.25, 0.3) is 0 Å². The molecular weight excluding hydrogens is 488 g/mol. The van der Waals surface area contributed by atoms with Crippen LogP contribution in [0.5, 0.6) is 5.75 Å². The molecule has 1 saturated carbocycles. The number of pyridine rings is 1. The van der Waals surface area contributed by atoms with E-state index in [9.17, 15) is 23.9 Å². The van der Waals surface area contributed by atoms with Crippen LogP contribution in [-0.2, 0) is 17.8 Å². The number of benzene rings is 1. The second kappa shape index (κ2) is 9.93. The summed E-state index contributed by atoms with van der Waals surface area (Å²) in [5, 5.41) is 13.0. The summed E-state index contributed by atoms with van der Waals surface area (Å²) in [5.74, 6) is -2.67. The van der Waals surface area contributed by atoms with Crippen molar-refractivity contribution in [2.75, 3.05) is 13.2 Å². The number of aromatic hydroxyl groups is 1. The van der Waals surface area contributed by atoms with Gasteiger partial charge in [0, 0.05) is 38.0 Å². The highest BCUT2D eigenvalue weighted by Gasteiger charge is 2.54. The van der Waals surface area contributed by atoms with E-state index in [2.05, 4.69) is 5.32 Å². The Morgan fingerprint density at radius 2 is 2.03 bits per heavy atom. The van der Waals surface area contributed by atoms with Crippen molar-refractivity contribution in [3.8, 4) is 5.75 Å². The van der Waals surface area contributed by atoms with Crippen molar-refractivity contribution in [2.45, 2.75) is 51.4 Å². The first kappa shape index (κ1) is 26.0. The van der Waals surface area contributed by atoms with Crippen LogP contribution in [-0.4, -0.2) is 51.2 Å². The monoisotopic (exact) mass is 513 g/mol. The van der Waals surface area contributed by atoms with Crippen molar-refractivity contribution in [3.63, 3.8) is 0 Å². The Labute approximate surface area is 207 Å². The Bertz CT molecular complexity index is 1180. The molecule has 11 heteroatoms. The lowest BCUT2D eigenvalue weighted by atomic mass is 9.71. The summed E-state index contributed by atoms with van der Waals surface area (Å²) in [6, 6.07) is 4.40. The van der Waals surface area contributed by atoms with E-state index in [1.165, 1.54) is 22.9 Å². The molecule has 2 aromatic rings. The van der Waals surface area contributed by atoms with Gasteiger partial charge in [-0.25, -0.2) is 4.39 Å². The molecule has 1 fully saturated rings. The van der Waals surface area contributed by atoms with Gasteiger partial charge in [-0.15, -0.1) is 12.4 Å². The molecule has 0 atom stereocenters. The number of nitrogens with one attached hydrogen (secondary N) is 1. The minimum Gasteiger partial charge on any atom is -0.503 e. The van der Waals surface area contributed by atoms with Crippen LogP contribution in [0.4, 0.5) is 4.39 Å². The van der Waals surface area contributed by atoms with Crippen molar-refractivity contribution >= 4 is 35.8 Å². The number of rotatable bonds is 6. The van der Waals surface area contributed by atoms with Gasteiger partial charge in [0.15, 0.2) is 11.4 Å². The fourth-order valence-electron chi connectivity index (χ4n) is 4.83. The molecule has 1 aromatic carbocycles. The number of hydrogen-bond acceptors (Lipinski definition) is 5. The first-order valence-electron chi connectivity index (χ1n) is 10.8. The molecule has 4 rings (SSSR count). The number of ether oxygens (including phenoxy) is 1. The van der Waals surface area contributed by atoms with E-state index >= 15 is 0 Å². The number of likely N-dealkylation sites (N-methyl/N-ethyl adjacent to an activating group) is 1. The zero-order valence-electron chi connectivity index (χ0n) is 18.8. The first-order chi connectivity index (χ1) is 15.7. The van der Waals surface area contributed by atoms with Gasteiger partial charge in [-0.2, -0.15) is 0 Å². The summed E-state index contributed by atoms with van der Waals surface area (Å²) in [4.78, 5) is 40.3. The smallest absolute Gasteiger partial charge is 0.275 e. The predicted molar refractivity (Wildman–Crippen MR) is 126 cm³/mol. The predicted octanol–water partition coefficient (Wildman–Crippen LogP) is 3.11. The molecule has 0 bridgehead atoms. The number of carbonyl (C=O) groups is 2. The maximum absolute atomic E-state index is 14.1. The average Bonchev–Trinajstić information content (AvgIpc) is 2.76. The van der Waals surface area contributed by atoms with Gasteiger partial charge in [-0.1, -0.05) is 23.7 Å². The van der Waals surface area contributed by atoms with E-state index in [0.717, 1.165) is 0 Å². The standard InChI is InChI=1S/C23H25ClFN3O5.ClH/c1-3-28-22(32)18-20(30)19(29)15(11-27(18)12-23(28)8-14(9-23)33-4-2)21(31)26-10-13-6-5-7-16(24)17(13)25;/h5-7,11,14,30H,3-4,8-10,12H2,1-2H3,(H,26,31);1H/t14-,23+;. The molecule has 1 aliphatic heterocycles. The van der Waals surface area contributed by atoms with E-state index < -0.39 is 34.3 Å². The van der Waals surface area contributed by atoms with Gasteiger partial charge < -0.3 is 24.6 Å². The van der Waals surface area contributed by atoms with Crippen molar-refractivity contribution in [2.24, 2.45) is 0 Å². The number of carbonyl (C=O) groups excluding carboxylic acids is 2. The lowest BCUT2D eigenvalue weighted by Gasteiger charge is -2.56. The molecule has 2 N–H and O–H groups in total. The summed E-state index contributed by atoms with van der Waals surface area (Å²) in [5.41, 5.74) is -1.76. The number of fused-ring (bicyclic) bond motifs is 1. The molecule has 0 saturated heterocycles. The highest BCUT2D eigenvalue weighted by molar-refractivity contribution is 6.30. The molecule has 34 heavy (non-hydrogen) atoms. The maximum atomic E-state index is 14.1. The first-order valence-corrected chi connectivity index (χ1v) is 11.2. The fourth-order valence-corrected chi connectivity index (χ4v) is 5.03. The highest BCUT2D eigenvalue weighted by atomic mass is 35.5. The fraction of sp³-hybridized carbons (Fsp3) is 0.435. The molecule has 8 nitrogen and oxygen atoms in total. The second-order valence-electron chi connectivity index (χ2n) is 8.35. The number of amides is 2. The Kier molecular flexibility index (Phi) is 7.59. The van der Waals surface area contributed by atoms with Gasteiger partial charge in [-0.05, 0) is 32.8 Å². The lowest BCUT2D eigenvalue weighted by Crippen LogP contribution is -2.66. The molecule has 1 aromatic heterocycles. The number of hydrogen-bond donors (Lipinski definition) is 2.